The van der Waals surface area contributed by atoms with E-state index in [9.17, 15) is 0 Å². The van der Waals surface area contributed by atoms with Crippen LogP contribution in [0.15, 0.2) is 118 Å². The average Bonchev–Trinajstić information content (AvgIpc) is 3.58. The van der Waals surface area contributed by atoms with Crippen LogP contribution in [0.25, 0.3) is 11.1 Å². The van der Waals surface area contributed by atoms with Crippen molar-refractivity contribution < 1.29 is 46.1 Å². The largest absolute Gasteiger partial charge is 1.00 e. The van der Waals surface area contributed by atoms with E-state index >= 15 is 0 Å². The topological polar surface area (TPSA) is 0 Å². The van der Waals surface area contributed by atoms with Crippen LogP contribution in [0.5, 0.6) is 0 Å². The average molecular weight is 755 g/mol. The first-order chi connectivity index (χ1) is 22.0. The molecule has 0 amide bonds. The molecule has 2 aliphatic carbocycles. The number of hydrogen-bond acceptors (Lipinski definition) is 0. The first-order valence-electron chi connectivity index (χ1n) is 17.6. The third-order valence-corrected chi connectivity index (χ3v) is 18.2. The van der Waals surface area contributed by atoms with Crippen molar-refractivity contribution in [2.45, 2.75) is 102 Å². The molecular formula is C45H52Cl2Zr. The zero-order valence-corrected chi connectivity index (χ0v) is 34.2. The van der Waals surface area contributed by atoms with Crippen LogP contribution in [-0.4, -0.2) is 3.21 Å². The summed E-state index contributed by atoms with van der Waals surface area (Å²) < 4.78 is 3.85. The van der Waals surface area contributed by atoms with E-state index in [2.05, 4.69) is 159 Å². The van der Waals surface area contributed by atoms with Crippen molar-refractivity contribution in [1.82, 2.24) is 0 Å². The summed E-state index contributed by atoms with van der Waals surface area (Å²) in [5.41, 5.74) is 15.3. The van der Waals surface area contributed by atoms with Gasteiger partial charge in [0.05, 0.1) is 0 Å². The number of benzene rings is 4. The molecule has 0 bridgehead atoms. The maximum atomic E-state index is 2.73. The van der Waals surface area contributed by atoms with Crippen LogP contribution in [-0.2, 0) is 32.1 Å². The summed E-state index contributed by atoms with van der Waals surface area (Å²) >= 11 is -2.81. The van der Waals surface area contributed by atoms with E-state index in [-0.39, 0.29) is 35.6 Å². The summed E-state index contributed by atoms with van der Waals surface area (Å²) in [5.74, 6) is 0. The Morgan fingerprint density at radius 3 is 1.50 bits per heavy atom. The maximum Gasteiger partial charge on any atom is -1.00 e. The molecule has 0 heterocycles. The molecule has 0 unspecified atom stereocenters. The Labute approximate surface area is 311 Å². The van der Waals surface area contributed by atoms with Gasteiger partial charge in [-0.15, -0.1) is 0 Å². The smallest absolute Gasteiger partial charge is 1.00 e. The second kappa shape index (κ2) is 15.7. The molecular weight excluding hydrogens is 703 g/mol. The Balaban J connectivity index is 0.00000260. The van der Waals surface area contributed by atoms with E-state index in [1.165, 1.54) is 65.5 Å². The molecule has 0 saturated heterocycles. The van der Waals surface area contributed by atoms with Crippen molar-refractivity contribution in [3.8, 4) is 11.1 Å². The number of rotatable bonds is 8. The van der Waals surface area contributed by atoms with Crippen LogP contribution in [0.4, 0.5) is 0 Å². The molecule has 250 valence electrons. The summed E-state index contributed by atoms with van der Waals surface area (Å²) in [6, 6.07) is 37.9. The summed E-state index contributed by atoms with van der Waals surface area (Å²) in [6.45, 7) is 18.9. The fourth-order valence-corrected chi connectivity index (χ4v) is 16.9. The molecule has 4 aromatic carbocycles. The van der Waals surface area contributed by atoms with Crippen molar-refractivity contribution >= 4 is 3.21 Å². The Bertz CT molecular complexity index is 1720. The standard InChI is InChI=1S/C21H25.C13H10.C11H17.2ClH.Zr/c1-20(2,3)16-7-9-18-14(12-16)11-15-13-17(21(4,5)6)8-10-19(15)18;1-3-7-12(8-4-1)11-13-9-5-2-6-10-13;1-3-6-10-8-5-9-11(10)7-4-2;;;/h7-13H,1-6H3;1-10H;8H,3-4,6-7,9H2,1-2H3;2*1H;/q;;;;;+2/p-2. The molecule has 6 rings (SSSR count). The van der Waals surface area contributed by atoms with Gasteiger partial charge in [-0.2, -0.15) is 0 Å². The molecule has 0 fully saturated rings. The minimum Gasteiger partial charge on any atom is -1.00 e. The van der Waals surface area contributed by atoms with Crippen LogP contribution >= 0.6 is 0 Å². The minimum atomic E-state index is -2.81. The van der Waals surface area contributed by atoms with E-state index in [0.29, 0.717) is 3.63 Å². The predicted octanol–water partition coefficient (Wildman–Crippen LogP) is 6.43. The Hall–Kier alpha value is -2.31. The van der Waals surface area contributed by atoms with Crippen molar-refractivity contribution in [3.63, 3.8) is 0 Å². The SMILES string of the molecule is CCCC1=C(CCC)C[C]([Zr+2](=[C](c2ccccc2)c2ccccc2)[CH]2c3cc(C(C)(C)C)ccc3-c3ccc(C(C)(C)C)cc32)=C1.[Cl-].[Cl-]. The number of allylic oxidation sites excluding steroid dienone is 4. The Kier molecular flexibility index (Phi) is 12.6. The van der Waals surface area contributed by atoms with Gasteiger partial charge in [-0.05, 0) is 0 Å². The molecule has 0 aromatic heterocycles. The molecule has 3 heteroatoms. The van der Waals surface area contributed by atoms with Crippen LogP contribution in [0, 0.1) is 0 Å². The van der Waals surface area contributed by atoms with Gasteiger partial charge >= 0.3 is 288 Å². The quantitative estimate of drug-likeness (QED) is 0.195. The summed E-state index contributed by atoms with van der Waals surface area (Å²) in [6.07, 6.45) is 8.74. The van der Waals surface area contributed by atoms with Gasteiger partial charge in [0.25, 0.3) is 0 Å². The zero-order chi connectivity index (χ0) is 32.6. The molecule has 0 atom stereocenters. The van der Waals surface area contributed by atoms with Crippen molar-refractivity contribution in [2.24, 2.45) is 0 Å². The molecule has 0 aliphatic heterocycles. The first-order valence-corrected chi connectivity index (χ1v) is 21.4. The van der Waals surface area contributed by atoms with E-state index < -0.39 is 21.3 Å². The third kappa shape index (κ3) is 7.70. The van der Waals surface area contributed by atoms with Crippen LogP contribution in [0.3, 0.4) is 0 Å². The van der Waals surface area contributed by atoms with Crippen LogP contribution in [0.1, 0.15) is 125 Å². The molecule has 0 nitrogen and oxygen atoms in total. The number of halogens is 2. The van der Waals surface area contributed by atoms with E-state index in [1.807, 2.05) is 0 Å². The molecule has 0 spiro atoms. The van der Waals surface area contributed by atoms with E-state index in [4.69, 9.17) is 0 Å². The van der Waals surface area contributed by atoms with Crippen LogP contribution in [0.2, 0.25) is 0 Å². The van der Waals surface area contributed by atoms with Crippen LogP contribution < -0.4 is 24.8 Å². The maximum absolute atomic E-state index is 2.81. The molecule has 0 N–H and O–H groups in total. The Morgan fingerprint density at radius 1 is 0.625 bits per heavy atom. The predicted molar refractivity (Wildman–Crippen MR) is 197 cm³/mol. The fraction of sp³-hybridized carbons (Fsp3) is 0.356. The molecule has 2 aliphatic rings. The molecule has 0 saturated carbocycles. The second-order valence-electron chi connectivity index (χ2n) is 15.5. The third-order valence-electron chi connectivity index (χ3n) is 10.1. The fourth-order valence-electron chi connectivity index (χ4n) is 7.63. The Morgan fingerprint density at radius 2 is 1.08 bits per heavy atom. The van der Waals surface area contributed by atoms with Gasteiger partial charge in [-0.1, -0.05) is 0 Å². The summed E-state index contributed by atoms with van der Waals surface area (Å²) in [5, 5.41) is 0. The van der Waals surface area contributed by atoms with E-state index in [0.717, 1.165) is 0 Å². The van der Waals surface area contributed by atoms with Crippen molar-refractivity contribution in [1.29, 1.82) is 0 Å². The van der Waals surface area contributed by atoms with E-state index in [1.54, 1.807) is 28.8 Å². The van der Waals surface area contributed by atoms with Gasteiger partial charge in [0, 0.05) is 0 Å². The van der Waals surface area contributed by atoms with Crippen molar-refractivity contribution in [3.05, 3.63) is 151 Å². The van der Waals surface area contributed by atoms with Crippen molar-refractivity contribution in [2.75, 3.05) is 0 Å². The number of hydrogen-bond donors (Lipinski definition) is 0. The second-order valence-corrected chi connectivity index (χ2v) is 21.8. The molecule has 48 heavy (non-hydrogen) atoms. The monoisotopic (exact) mass is 752 g/mol. The first kappa shape index (κ1) is 38.5. The summed E-state index contributed by atoms with van der Waals surface area (Å²) in [4.78, 5) is 0. The van der Waals surface area contributed by atoms with Gasteiger partial charge < -0.3 is 24.8 Å². The molecule has 4 aromatic rings. The molecule has 0 radical (unpaired) electrons. The van der Waals surface area contributed by atoms with Gasteiger partial charge in [0.1, 0.15) is 0 Å². The van der Waals surface area contributed by atoms with Gasteiger partial charge in [0.2, 0.25) is 0 Å². The summed E-state index contributed by atoms with van der Waals surface area (Å²) in [7, 11) is 0. The minimum absolute atomic E-state index is 0. The van der Waals surface area contributed by atoms with Gasteiger partial charge in [0.15, 0.2) is 0 Å². The zero-order valence-electron chi connectivity index (χ0n) is 30.2. The van der Waals surface area contributed by atoms with Gasteiger partial charge in [-0.25, -0.2) is 0 Å². The number of fused-ring (bicyclic) bond motifs is 3. The normalized spacial score (nSPS) is 13.9. The van der Waals surface area contributed by atoms with Gasteiger partial charge in [-0.3, -0.25) is 0 Å².